The van der Waals surface area contributed by atoms with E-state index in [1.54, 1.807) is 6.26 Å². The van der Waals surface area contributed by atoms with Crippen LogP contribution >= 0.6 is 0 Å². The molecule has 1 atom stereocenters. The van der Waals surface area contributed by atoms with E-state index in [1.165, 1.54) is 32.2 Å². The Hall–Kier alpha value is -0.800. The van der Waals surface area contributed by atoms with E-state index >= 15 is 0 Å². The van der Waals surface area contributed by atoms with Crippen LogP contribution in [0.5, 0.6) is 0 Å². The Bertz CT molecular complexity index is 319. The molecule has 0 aromatic carbocycles. The van der Waals surface area contributed by atoms with Gasteiger partial charge in [-0.15, -0.1) is 0 Å². The molecule has 0 bridgehead atoms. The third kappa shape index (κ3) is 2.90. The summed E-state index contributed by atoms with van der Waals surface area (Å²) < 4.78 is 5.44. The first-order chi connectivity index (χ1) is 8.27. The molecule has 3 nitrogen and oxygen atoms in total. The highest BCUT2D eigenvalue weighted by atomic mass is 16.3. The number of hydrogen-bond donors (Lipinski definition) is 1. The third-order valence-electron chi connectivity index (χ3n) is 4.12. The summed E-state index contributed by atoms with van der Waals surface area (Å²) in [4.78, 5) is 2.54. The number of aryl methyl sites for hydroxylation is 1. The van der Waals surface area contributed by atoms with Crippen LogP contribution in [0.1, 0.15) is 31.4 Å². The molecule has 1 aliphatic heterocycles. The van der Waals surface area contributed by atoms with Gasteiger partial charge in [0.25, 0.3) is 0 Å². The van der Waals surface area contributed by atoms with E-state index in [0.717, 1.165) is 18.7 Å². The maximum Gasteiger partial charge on any atom is 0.103 e. The van der Waals surface area contributed by atoms with Gasteiger partial charge in [-0.3, -0.25) is 4.90 Å². The number of nitrogens with one attached hydrogen (secondary N) is 1. The van der Waals surface area contributed by atoms with Gasteiger partial charge >= 0.3 is 0 Å². The molecule has 1 aromatic heterocycles. The Morgan fingerprint density at radius 1 is 1.47 bits per heavy atom. The van der Waals surface area contributed by atoms with Gasteiger partial charge in [-0.25, -0.2) is 0 Å². The van der Waals surface area contributed by atoms with Crippen molar-refractivity contribution in [1.29, 1.82) is 0 Å². The van der Waals surface area contributed by atoms with Gasteiger partial charge in [0.05, 0.1) is 6.26 Å². The van der Waals surface area contributed by atoms with Gasteiger partial charge < -0.3 is 9.73 Å². The zero-order valence-electron chi connectivity index (χ0n) is 11.0. The fraction of sp³-hybridized carbons (Fsp3) is 0.714. The molecule has 1 unspecified atom stereocenters. The Morgan fingerprint density at radius 2 is 2.35 bits per heavy atom. The van der Waals surface area contributed by atoms with Crippen LogP contribution in [0, 0.1) is 0 Å². The monoisotopic (exact) mass is 236 g/mol. The first-order valence-corrected chi connectivity index (χ1v) is 6.65. The maximum absolute atomic E-state index is 5.44. The number of furan rings is 1. The van der Waals surface area contributed by atoms with Gasteiger partial charge in [-0.2, -0.15) is 0 Å². The number of piperidine rings is 1. The Labute approximate surface area is 104 Å². The second-order valence-corrected chi connectivity index (χ2v) is 5.21. The Morgan fingerprint density at radius 3 is 3.00 bits per heavy atom. The largest absolute Gasteiger partial charge is 0.469 e. The minimum atomic E-state index is 0.319. The molecule has 2 rings (SSSR count). The van der Waals surface area contributed by atoms with Gasteiger partial charge in [-0.05, 0) is 52.0 Å². The smallest absolute Gasteiger partial charge is 0.103 e. The van der Waals surface area contributed by atoms with E-state index in [-0.39, 0.29) is 0 Å². The molecular weight excluding hydrogens is 212 g/mol. The average Bonchev–Trinajstić information content (AvgIpc) is 2.84. The second-order valence-electron chi connectivity index (χ2n) is 5.21. The standard InChI is InChI=1S/C14H24N2O/c1-15-12-14(8-3-4-10-16(14)2)9-7-13-6-5-11-17-13/h5-6,11,15H,3-4,7-10,12H2,1-2H3. The number of likely N-dealkylation sites (tertiary alicyclic amines) is 1. The lowest BCUT2D eigenvalue weighted by Gasteiger charge is -2.45. The SMILES string of the molecule is CNCC1(CCc2ccco2)CCCCN1C. The summed E-state index contributed by atoms with van der Waals surface area (Å²) in [6.07, 6.45) is 7.97. The van der Waals surface area contributed by atoms with Crippen molar-refractivity contribution in [3.8, 4) is 0 Å². The van der Waals surface area contributed by atoms with Crippen molar-refractivity contribution < 1.29 is 4.42 Å². The van der Waals surface area contributed by atoms with E-state index in [2.05, 4.69) is 30.4 Å². The van der Waals surface area contributed by atoms with Crippen LogP contribution in [-0.4, -0.2) is 37.6 Å². The van der Waals surface area contributed by atoms with Crippen LogP contribution in [0.15, 0.2) is 22.8 Å². The highest BCUT2D eigenvalue weighted by Gasteiger charge is 2.35. The average molecular weight is 236 g/mol. The summed E-state index contributed by atoms with van der Waals surface area (Å²) in [5, 5.41) is 3.37. The molecule has 96 valence electrons. The van der Waals surface area contributed by atoms with E-state index in [4.69, 9.17) is 4.42 Å². The highest BCUT2D eigenvalue weighted by molar-refractivity contribution is 5.02. The zero-order valence-corrected chi connectivity index (χ0v) is 11.0. The van der Waals surface area contributed by atoms with Gasteiger partial charge in [0.15, 0.2) is 0 Å². The van der Waals surface area contributed by atoms with Crippen molar-refractivity contribution in [3.05, 3.63) is 24.2 Å². The first kappa shape index (κ1) is 12.7. The number of rotatable bonds is 5. The number of hydrogen-bond acceptors (Lipinski definition) is 3. The topological polar surface area (TPSA) is 28.4 Å². The van der Waals surface area contributed by atoms with Crippen molar-refractivity contribution in [2.75, 3.05) is 27.2 Å². The summed E-state index contributed by atoms with van der Waals surface area (Å²) in [5.41, 5.74) is 0.319. The summed E-state index contributed by atoms with van der Waals surface area (Å²) in [7, 11) is 4.32. The number of likely N-dealkylation sites (N-methyl/N-ethyl adjacent to an activating group) is 2. The lowest BCUT2D eigenvalue weighted by Crippen LogP contribution is -2.55. The van der Waals surface area contributed by atoms with Crippen molar-refractivity contribution in [3.63, 3.8) is 0 Å². The zero-order chi connectivity index (χ0) is 12.1. The normalized spacial score (nSPS) is 26.2. The van der Waals surface area contributed by atoms with Crippen molar-refractivity contribution in [2.24, 2.45) is 0 Å². The molecule has 0 spiro atoms. The molecule has 1 aliphatic rings. The van der Waals surface area contributed by atoms with Gasteiger partial charge in [0.1, 0.15) is 5.76 Å². The molecule has 1 N–H and O–H groups in total. The van der Waals surface area contributed by atoms with E-state index < -0.39 is 0 Å². The van der Waals surface area contributed by atoms with E-state index in [1.807, 2.05) is 6.07 Å². The van der Waals surface area contributed by atoms with Crippen LogP contribution in [0.3, 0.4) is 0 Å². The van der Waals surface area contributed by atoms with E-state index in [0.29, 0.717) is 5.54 Å². The predicted molar refractivity (Wildman–Crippen MR) is 70.2 cm³/mol. The molecule has 2 heterocycles. The lowest BCUT2D eigenvalue weighted by atomic mass is 9.82. The minimum absolute atomic E-state index is 0.319. The van der Waals surface area contributed by atoms with Crippen LogP contribution < -0.4 is 5.32 Å². The van der Waals surface area contributed by atoms with Crippen LogP contribution in [0.2, 0.25) is 0 Å². The highest BCUT2D eigenvalue weighted by Crippen LogP contribution is 2.30. The molecule has 0 saturated carbocycles. The molecular formula is C14H24N2O. The van der Waals surface area contributed by atoms with Crippen LogP contribution in [-0.2, 0) is 6.42 Å². The van der Waals surface area contributed by atoms with Gasteiger partial charge in [0.2, 0.25) is 0 Å². The van der Waals surface area contributed by atoms with Crippen molar-refractivity contribution in [2.45, 2.75) is 37.6 Å². The third-order valence-corrected chi connectivity index (χ3v) is 4.12. The molecule has 1 fully saturated rings. The summed E-state index contributed by atoms with van der Waals surface area (Å²) >= 11 is 0. The molecule has 0 amide bonds. The Kier molecular flexibility index (Phi) is 4.24. The van der Waals surface area contributed by atoms with Gasteiger partial charge in [-0.1, -0.05) is 6.42 Å². The predicted octanol–water partition coefficient (Wildman–Crippen LogP) is 2.29. The first-order valence-electron chi connectivity index (χ1n) is 6.65. The van der Waals surface area contributed by atoms with Crippen molar-refractivity contribution >= 4 is 0 Å². The Balaban J connectivity index is 2.00. The summed E-state index contributed by atoms with van der Waals surface area (Å²) in [6, 6.07) is 4.06. The van der Waals surface area contributed by atoms with Crippen LogP contribution in [0.4, 0.5) is 0 Å². The quantitative estimate of drug-likeness (QED) is 0.850. The summed E-state index contributed by atoms with van der Waals surface area (Å²) in [5.74, 6) is 1.11. The fourth-order valence-corrected chi connectivity index (χ4v) is 3.00. The van der Waals surface area contributed by atoms with Crippen LogP contribution in [0.25, 0.3) is 0 Å². The minimum Gasteiger partial charge on any atom is -0.469 e. The fourth-order valence-electron chi connectivity index (χ4n) is 3.00. The van der Waals surface area contributed by atoms with Gasteiger partial charge in [0, 0.05) is 18.5 Å². The second kappa shape index (κ2) is 5.69. The molecule has 1 aromatic rings. The molecule has 0 radical (unpaired) electrons. The van der Waals surface area contributed by atoms with E-state index in [9.17, 15) is 0 Å². The molecule has 17 heavy (non-hydrogen) atoms. The molecule has 3 heteroatoms. The molecule has 1 saturated heterocycles. The molecule has 0 aliphatic carbocycles. The van der Waals surface area contributed by atoms with Crippen molar-refractivity contribution in [1.82, 2.24) is 10.2 Å². The maximum atomic E-state index is 5.44. The lowest BCUT2D eigenvalue weighted by molar-refractivity contribution is 0.0644. The number of nitrogens with zero attached hydrogens (tertiary/aromatic N) is 1. The summed E-state index contributed by atoms with van der Waals surface area (Å²) in [6.45, 7) is 2.30.